The molecule has 0 spiro atoms. The number of nitrogens with one attached hydrogen (secondary N) is 1. The summed E-state index contributed by atoms with van der Waals surface area (Å²) in [5.41, 5.74) is 0.859. The van der Waals surface area contributed by atoms with Gasteiger partial charge in [0.1, 0.15) is 0 Å². The Morgan fingerprint density at radius 1 is 1.41 bits per heavy atom. The van der Waals surface area contributed by atoms with E-state index >= 15 is 0 Å². The fourth-order valence-corrected chi connectivity index (χ4v) is 3.60. The van der Waals surface area contributed by atoms with Crippen molar-refractivity contribution in [1.82, 2.24) is 5.32 Å². The molecule has 0 aromatic heterocycles. The molecule has 1 fully saturated rings. The van der Waals surface area contributed by atoms with Gasteiger partial charge in [0, 0.05) is 6.04 Å². The zero-order chi connectivity index (χ0) is 12.3. The largest absolute Gasteiger partial charge is 0.310 e. The summed E-state index contributed by atoms with van der Waals surface area (Å²) in [4.78, 5) is 0. The lowest BCUT2D eigenvalue weighted by molar-refractivity contribution is 0.398. The van der Waals surface area contributed by atoms with Crippen LogP contribution in [-0.4, -0.2) is 18.1 Å². The van der Waals surface area contributed by atoms with Crippen molar-refractivity contribution in [2.75, 3.05) is 18.1 Å². The molecular weight excluding hydrogens is 240 g/mol. The van der Waals surface area contributed by atoms with Crippen LogP contribution in [0.1, 0.15) is 24.9 Å². The summed E-state index contributed by atoms with van der Waals surface area (Å²) < 4.78 is 26.2. The summed E-state index contributed by atoms with van der Waals surface area (Å²) >= 11 is 1.93. The van der Waals surface area contributed by atoms with Gasteiger partial charge in [-0.2, -0.15) is 11.8 Å². The maximum Gasteiger partial charge on any atom is 0.159 e. The monoisotopic (exact) mass is 257 g/mol. The summed E-state index contributed by atoms with van der Waals surface area (Å²) in [6.45, 7) is 2.87. The number of hydrogen-bond acceptors (Lipinski definition) is 2. The maximum absolute atomic E-state index is 13.3. The molecule has 1 aliphatic rings. The van der Waals surface area contributed by atoms with Gasteiger partial charge in [-0.05, 0) is 48.1 Å². The molecule has 17 heavy (non-hydrogen) atoms. The van der Waals surface area contributed by atoms with Crippen molar-refractivity contribution in [2.45, 2.75) is 19.4 Å². The Morgan fingerprint density at radius 3 is 2.82 bits per heavy atom. The second-order valence-corrected chi connectivity index (χ2v) is 5.48. The molecule has 2 rings (SSSR count). The smallest absolute Gasteiger partial charge is 0.159 e. The van der Waals surface area contributed by atoms with E-state index in [2.05, 4.69) is 5.32 Å². The first-order chi connectivity index (χ1) is 8.22. The van der Waals surface area contributed by atoms with Crippen LogP contribution in [0.2, 0.25) is 0 Å². The molecule has 1 heterocycles. The molecule has 1 aliphatic heterocycles. The second-order valence-electron chi connectivity index (χ2n) is 4.33. The molecule has 0 radical (unpaired) electrons. The van der Waals surface area contributed by atoms with Gasteiger partial charge in [0.05, 0.1) is 0 Å². The predicted octanol–water partition coefficient (Wildman–Crippen LogP) is 3.37. The van der Waals surface area contributed by atoms with Crippen molar-refractivity contribution in [2.24, 2.45) is 5.92 Å². The molecule has 1 aromatic rings. The van der Waals surface area contributed by atoms with Crippen LogP contribution < -0.4 is 5.32 Å². The molecule has 1 nitrogen and oxygen atoms in total. The van der Waals surface area contributed by atoms with Gasteiger partial charge >= 0.3 is 0 Å². The van der Waals surface area contributed by atoms with E-state index < -0.39 is 11.6 Å². The first-order valence-corrected chi connectivity index (χ1v) is 7.14. The molecule has 0 amide bonds. The van der Waals surface area contributed by atoms with E-state index in [1.54, 1.807) is 6.07 Å². The van der Waals surface area contributed by atoms with Crippen molar-refractivity contribution in [3.8, 4) is 0 Å². The van der Waals surface area contributed by atoms with Crippen LogP contribution in [0.5, 0.6) is 0 Å². The molecule has 1 N–H and O–H groups in total. The Labute approximate surface area is 105 Å². The highest BCUT2D eigenvalue weighted by atomic mass is 32.2. The van der Waals surface area contributed by atoms with Crippen LogP contribution in [0.4, 0.5) is 8.78 Å². The van der Waals surface area contributed by atoms with Gasteiger partial charge in [-0.1, -0.05) is 13.0 Å². The normalized spacial score (nSPS) is 21.7. The lowest BCUT2D eigenvalue weighted by atomic mass is 9.92. The molecular formula is C13H17F2NS. The Hall–Kier alpha value is -0.610. The highest BCUT2D eigenvalue weighted by Crippen LogP contribution is 2.34. The van der Waals surface area contributed by atoms with Gasteiger partial charge in [0.25, 0.3) is 0 Å². The van der Waals surface area contributed by atoms with Gasteiger partial charge in [-0.25, -0.2) is 8.78 Å². The van der Waals surface area contributed by atoms with E-state index in [4.69, 9.17) is 0 Å². The third-order valence-corrected chi connectivity index (χ3v) is 4.35. The first kappa shape index (κ1) is 12.8. The molecule has 94 valence electrons. The number of thioether (sulfide) groups is 1. The summed E-state index contributed by atoms with van der Waals surface area (Å²) in [5, 5.41) is 3.39. The average molecular weight is 257 g/mol. The minimum absolute atomic E-state index is 0.144. The van der Waals surface area contributed by atoms with Crippen LogP contribution in [0.25, 0.3) is 0 Å². The van der Waals surface area contributed by atoms with Crippen LogP contribution in [-0.2, 0) is 0 Å². The molecule has 0 saturated carbocycles. The van der Waals surface area contributed by atoms with E-state index in [-0.39, 0.29) is 6.04 Å². The van der Waals surface area contributed by atoms with Crippen LogP contribution in [0.3, 0.4) is 0 Å². The summed E-state index contributed by atoms with van der Waals surface area (Å²) in [7, 11) is 0. The Kier molecular flexibility index (Phi) is 4.40. The van der Waals surface area contributed by atoms with Gasteiger partial charge in [-0.15, -0.1) is 0 Å². The Bertz CT molecular complexity index is 378. The number of rotatable bonds is 4. The van der Waals surface area contributed by atoms with Crippen molar-refractivity contribution in [3.63, 3.8) is 0 Å². The molecule has 1 saturated heterocycles. The molecule has 1 aromatic carbocycles. The van der Waals surface area contributed by atoms with Gasteiger partial charge in [0.2, 0.25) is 0 Å². The van der Waals surface area contributed by atoms with Crippen molar-refractivity contribution in [1.29, 1.82) is 0 Å². The fourth-order valence-electron chi connectivity index (χ4n) is 2.30. The lowest BCUT2D eigenvalue weighted by Gasteiger charge is -2.24. The highest BCUT2D eigenvalue weighted by molar-refractivity contribution is 7.99. The zero-order valence-corrected chi connectivity index (χ0v) is 10.7. The summed E-state index contributed by atoms with van der Waals surface area (Å²) in [5.74, 6) is 1.25. The minimum atomic E-state index is -0.773. The lowest BCUT2D eigenvalue weighted by Crippen LogP contribution is -2.28. The Morgan fingerprint density at radius 2 is 2.24 bits per heavy atom. The van der Waals surface area contributed by atoms with Gasteiger partial charge < -0.3 is 5.32 Å². The topological polar surface area (TPSA) is 12.0 Å². The minimum Gasteiger partial charge on any atom is -0.310 e. The third-order valence-electron chi connectivity index (χ3n) is 3.16. The van der Waals surface area contributed by atoms with E-state index in [1.807, 2.05) is 18.7 Å². The summed E-state index contributed by atoms with van der Waals surface area (Å²) in [6, 6.07) is 4.38. The molecule has 2 atom stereocenters. The maximum atomic E-state index is 13.3. The second kappa shape index (κ2) is 5.83. The predicted molar refractivity (Wildman–Crippen MR) is 68.2 cm³/mol. The SMILES string of the molecule is CCNC(c1ccc(F)c(F)c1)C1CCSC1. The van der Waals surface area contributed by atoms with Crippen molar-refractivity contribution in [3.05, 3.63) is 35.4 Å². The fraction of sp³-hybridized carbons (Fsp3) is 0.538. The third kappa shape index (κ3) is 2.99. The molecule has 0 bridgehead atoms. The standard InChI is InChI=1S/C13H17F2NS/c1-2-16-13(10-5-6-17-8-10)9-3-4-11(14)12(15)7-9/h3-4,7,10,13,16H,2,5-6,8H2,1H3. The number of benzene rings is 1. The van der Waals surface area contributed by atoms with Crippen molar-refractivity contribution >= 4 is 11.8 Å². The molecule has 0 aliphatic carbocycles. The zero-order valence-electron chi connectivity index (χ0n) is 9.88. The first-order valence-electron chi connectivity index (χ1n) is 5.98. The van der Waals surface area contributed by atoms with Gasteiger partial charge in [-0.3, -0.25) is 0 Å². The quantitative estimate of drug-likeness (QED) is 0.887. The van der Waals surface area contributed by atoms with E-state index in [9.17, 15) is 8.78 Å². The van der Waals surface area contributed by atoms with Crippen LogP contribution in [0, 0.1) is 17.6 Å². The van der Waals surface area contributed by atoms with Crippen LogP contribution >= 0.6 is 11.8 Å². The highest BCUT2D eigenvalue weighted by Gasteiger charge is 2.26. The number of halogens is 2. The Balaban J connectivity index is 2.21. The van der Waals surface area contributed by atoms with Crippen molar-refractivity contribution < 1.29 is 8.78 Å². The number of hydrogen-bond donors (Lipinski definition) is 1. The molecule has 2 unspecified atom stereocenters. The average Bonchev–Trinajstić information content (AvgIpc) is 2.83. The van der Waals surface area contributed by atoms with Gasteiger partial charge in [0.15, 0.2) is 11.6 Å². The van der Waals surface area contributed by atoms with E-state index in [1.165, 1.54) is 12.1 Å². The van der Waals surface area contributed by atoms with E-state index in [0.29, 0.717) is 5.92 Å². The van der Waals surface area contributed by atoms with E-state index in [0.717, 1.165) is 30.0 Å². The molecule has 4 heteroatoms. The van der Waals surface area contributed by atoms with Crippen LogP contribution in [0.15, 0.2) is 18.2 Å². The summed E-state index contributed by atoms with van der Waals surface area (Å²) in [6.07, 6.45) is 1.14.